The number of hydrogen-bond donors (Lipinski definition) is 2. The number of nitrogens with two attached hydrogens (primary N) is 1. The third-order valence-electron chi connectivity index (χ3n) is 3.54. The fraction of sp³-hybridized carbons (Fsp3) is 0.500. The fourth-order valence-electron chi connectivity index (χ4n) is 1.82. The van der Waals surface area contributed by atoms with Gasteiger partial charge in [0.15, 0.2) is 0 Å². The molecule has 0 aliphatic heterocycles. The monoisotopic (exact) mass is 327 g/mol. The molecule has 3 N–H and O–H groups in total. The summed E-state index contributed by atoms with van der Waals surface area (Å²) in [5.74, 6) is -0.188. The van der Waals surface area contributed by atoms with Crippen molar-refractivity contribution in [2.75, 3.05) is 25.0 Å². The Bertz CT molecular complexity index is 514. The van der Waals surface area contributed by atoms with Crippen molar-refractivity contribution in [1.29, 1.82) is 0 Å². The number of anilines is 1. The molecule has 0 heterocycles. The molecular formula is C16H26ClN3O2. The standard InChI is InChI=1S/C16H25N3O2.ClH/c1-5-19(6-2)14(20)12-8-7-9-13(10-12)18-15(21)16(3,4)11-17;/h7-10H,5-6,11,17H2,1-4H3,(H,18,21);1H. The zero-order chi connectivity index (χ0) is 16.0. The Morgan fingerprint density at radius 3 is 2.32 bits per heavy atom. The number of hydrogen-bond acceptors (Lipinski definition) is 3. The fourth-order valence-corrected chi connectivity index (χ4v) is 1.82. The molecule has 6 heteroatoms. The van der Waals surface area contributed by atoms with Gasteiger partial charge in [0.25, 0.3) is 5.91 Å². The quantitative estimate of drug-likeness (QED) is 0.843. The van der Waals surface area contributed by atoms with Crippen LogP contribution in [0, 0.1) is 5.41 Å². The number of benzene rings is 1. The highest BCUT2D eigenvalue weighted by Crippen LogP contribution is 2.18. The number of amides is 2. The normalized spacial score (nSPS) is 10.6. The highest BCUT2D eigenvalue weighted by Gasteiger charge is 2.26. The van der Waals surface area contributed by atoms with Gasteiger partial charge >= 0.3 is 0 Å². The predicted molar refractivity (Wildman–Crippen MR) is 92.4 cm³/mol. The summed E-state index contributed by atoms with van der Waals surface area (Å²) >= 11 is 0. The molecule has 1 aromatic rings. The minimum Gasteiger partial charge on any atom is -0.339 e. The van der Waals surface area contributed by atoms with E-state index in [-0.39, 0.29) is 30.8 Å². The molecule has 0 saturated carbocycles. The van der Waals surface area contributed by atoms with Crippen LogP contribution < -0.4 is 11.1 Å². The molecule has 0 saturated heterocycles. The summed E-state index contributed by atoms with van der Waals surface area (Å²) in [7, 11) is 0. The van der Waals surface area contributed by atoms with Gasteiger partial charge in [0.1, 0.15) is 0 Å². The van der Waals surface area contributed by atoms with Crippen molar-refractivity contribution < 1.29 is 9.59 Å². The van der Waals surface area contributed by atoms with Crippen molar-refractivity contribution in [3.63, 3.8) is 0 Å². The summed E-state index contributed by atoms with van der Waals surface area (Å²) in [4.78, 5) is 26.1. The lowest BCUT2D eigenvalue weighted by molar-refractivity contribution is -0.123. The summed E-state index contributed by atoms with van der Waals surface area (Å²) in [5, 5.41) is 2.81. The Labute approximate surface area is 138 Å². The van der Waals surface area contributed by atoms with Crippen LogP contribution in [0.1, 0.15) is 38.1 Å². The average Bonchev–Trinajstić information content (AvgIpc) is 2.48. The molecule has 5 nitrogen and oxygen atoms in total. The van der Waals surface area contributed by atoms with Gasteiger partial charge in [-0.1, -0.05) is 6.07 Å². The van der Waals surface area contributed by atoms with E-state index in [1.54, 1.807) is 43.0 Å². The summed E-state index contributed by atoms with van der Waals surface area (Å²) < 4.78 is 0. The summed E-state index contributed by atoms with van der Waals surface area (Å²) in [6.07, 6.45) is 0. The predicted octanol–water partition coefficient (Wildman–Crippen LogP) is 2.51. The number of nitrogens with one attached hydrogen (secondary N) is 1. The SMILES string of the molecule is CCN(CC)C(=O)c1cccc(NC(=O)C(C)(C)CN)c1.Cl. The molecule has 0 bridgehead atoms. The zero-order valence-electron chi connectivity index (χ0n) is 13.7. The molecule has 1 aromatic carbocycles. The van der Waals surface area contributed by atoms with E-state index in [4.69, 9.17) is 5.73 Å². The molecular weight excluding hydrogens is 302 g/mol. The van der Waals surface area contributed by atoms with Gasteiger partial charge < -0.3 is 16.0 Å². The lowest BCUT2D eigenvalue weighted by Crippen LogP contribution is -2.37. The van der Waals surface area contributed by atoms with Gasteiger partial charge in [0, 0.05) is 30.9 Å². The minimum atomic E-state index is -0.640. The molecule has 0 atom stereocenters. The topological polar surface area (TPSA) is 75.4 Å². The van der Waals surface area contributed by atoms with Crippen LogP contribution in [0.4, 0.5) is 5.69 Å². The summed E-state index contributed by atoms with van der Waals surface area (Å²) in [6, 6.07) is 6.99. The van der Waals surface area contributed by atoms with Crippen molar-refractivity contribution in [3.8, 4) is 0 Å². The molecule has 124 valence electrons. The van der Waals surface area contributed by atoms with Crippen LogP contribution in [0.2, 0.25) is 0 Å². The highest BCUT2D eigenvalue weighted by atomic mass is 35.5. The maximum atomic E-state index is 12.3. The second kappa shape index (κ2) is 8.76. The molecule has 0 unspecified atom stereocenters. The van der Waals surface area contributed by atoms with Crippen molar-refractivity contribution in [3.05, 3.63) is 29.8 Å². The van der Waals surface area contributed by atoms with Gasteiger partial charge in [-0.2, -0.15) is 0 Å². The Morgan fingerprint density at radius 2 is 1.82 bits per heavy atom. The smallest absolute Gasteiger partial charge is 0.253 e. The number of carbonyl (C=O) groups excluding carboxylic acids is 2. The molecule has 0 spiro atoms. The van der Waals surface area contributed by atoms with Gasteiger partial charge in [0.05, 0.1) is 5.41 Å². The van der Waals surface area contributed by atoms with Crippen LogP contribution in [0.3, 0.4) is 0 Å². The molecule has 0 aliphatic carbocycles. The van der Waals surface area contributed by atoms with E-state index in [0.717, 1.165) is 0 Å². The first-order valence-corrected chi connectivity index (χ1v) is 7.26. The van der Waals surface area contributed by atoms with E-state index >= 15 is 0 Å². The van der Waals surface area contributed by atoms with Gasteiger partial charge in [-0.25, -0.2) is 0 Å². The molecule has 22 heavy (non-hydrogen) atoms. The van der Waals surface area contributed by atoms with Crippen molar-refractivity contribution in [2.45, 2.75) is 27.7 Å². The molecule has 0 aromatic heterocycles. The third kappa shape index (κ3) is 5.00. The van der Waals surface area contributed by atoms with Crippen LogP contribution in [0.25, 0.3) is 0 Å². The molecule has 0 aliphatic rings. The summed E-state index contributed by atoms with van der Waals surface area (Å²) in [6.45, 7) is 9.03. The van der Waals surface area contributed by atoms with Crippen LogP contribution in [-0.4, -0.2) is 36.3 Å². The van der Waals surface area contributed by atoms with E-state index in [9.17, 15) is 9.59 Å². The van der Waals surface area contributed by atoms with Crippen LogP contribution in [0.15, 0.2) is 24.3 Å². The second-order valence-electron chi connectivity index (χ2n) is 5.60. The first-order chi connectivity index (χ1) is 9.85. The van der Waals surface area contributed by atoms with Gasteiger partial charge in [-0.05, 0) is 45.9 Å². The molecule has 0 fully saturated rings. The molecule has 2 amide bonds. The first-order valence-electron chi connectivity index (χ1n) is 7.26. The van der Waals surface area contributed by atoms with Crippen molar-refractivity contribution in [1.82, 2.24) is 4.90 Å². The molecule has 0 radical (unpaired) electrons. The van der Waals surface area contributed by atoms with E-state index in [1.807, 2.05) is 13.8 Å². The van der Waals surface area contributed by atoms with E-state index in [1.165, 1.54) is 0 Å². The number of rotatable bonds is 6. The van der Waals surface area contributed by atoms with Gasteiger partial charge in [0.2, 0.25) is 5.91 Å². The molecule has 1 rings (SSSR count). The van der Waals surface area contributed by atoms with E-state index < -0.39 is 5.41 Å². The Kier molecular flexibility index (Phi) is 8.12. The minimum absolute atomic E-state index is 0. The number of halogens is 1. The van der Waals surface area contributed by atoms with E-state index in [2.05, 4.69) is 5.32 Å². The maximum absolute atomic E-state index is 12.3. The van der Waals surface area contributed by atoms with Crippen LogP contribution in [-0.2, 0) is 4.79 Å². The zero-order valence-corrected chi connectivity index (χ0v) is 14.5. The van der Waals surface area contributed by atoms with E-state index in [0.29, 0.717) is 24.3 Å². The lowest BCUT2D eigenvalue weighted by atomic mass is 9.92. The summed E-state index contributed by atoms with van der Waals surface area (Å²) in [5.41, 5.74) is 6.14. The van der Waals surface area contributed by atoms with Crippen molar-refractivity contribution in [2.24, 2.45) is 11.1 Å². The second-order valence-corrected chi connectivity index (χ2v) is 5.60. The Hall–Kier alpha value is -1.59. The van der Waals surface area contributed by atoms with Gasteiger partial charge in [-0.3, -0.25) is 9.59 Å². The average molecular weight is 328 g/mol. The largest absolute Gasteiger partial charge is 0.339 e. The van der Waals surface area contributed by atoms with Crippen LogP contribution >= 0.6 is 12.4 Å². The van der Waals surface area contributed by atoms with Crippen LogP contribution in [0.5, 0.6) is 0 Å². The van der Waals surface area contributed by atoms with Gasteiger partial charge in [-0.15, -0.1) is 12.4 Å². The first kappa shape index (κ1) is 20.4. The Morgan fingerprint density at radius 1 is 1.23 bits per heavy atom. The lowest BCUT2D eigenvalue weighted by Gasteiger charge is -2.22. The van der Waals surface area contributed by atoms with Crippen molar-refractivity contribution >= 4 is 29.9 Å². The maximum Gasteiger partial charge on any atom is 0.253 e. The number of nitrogens with zero attached hydrogens (tertiary/aromatic N) is 1. The number of carbonyl (C=O) groups is 2. The highest BCUT2D eigenvalue weighted by molar-refractivity contribution is 5.98. The third-order valence-corrected chi connectivity index (χ3v) is 3.54. The Balaban J connectivity index is 0.00000441.